The summed E-state index contributed by atoms with van der Waals surface area (Å²) in [5.74, 6) is 2.01. The van der Waals surface area contributed by atoms with Crippen LogP contribution < -0.4 is 11.1 Å². The first-order valence-corrected chi connectivity index (χ1v) is 5.95. The zero-order valence-electron chi connectivity index (χ0n) is 10.8. The lowest BCUT2D eigenvalue weighted by Crippen LogP contribution is -2.34. The van der Waals surface area contributed by atoms with Gasteiger partial charge < -0.3 is 15.5 Å². The average molecular weight is 224 g/mol. The first kappa shape index (κ1) is 13.3. The molecule has 1 aromatic rings. The maximum absolute atomic E-state index is 5.70. The van der Waals surface area contributed by atoms with Crippen LogP contribution in [0, 0.1) is 6.92 Å². The van der Waals surface area contributed by atoms with Gasteiger partial charge >= 0.3 is 0 Å². The maximum Gasteiger partial charge on any atom is 0.111 e. The number of nitrogens with two attached hydrogens (primary N) is 1. The Bertz CT molecular complexity index is 315. The minimum absolute atomic E-state index is 0.0338. The fraction of sp³-hybridized carbons (Fsp3) is 0.692. The second kappa shape index (κ2) is 5.51. The third-order valence-electron chi connectivity index (χ3n) is 2.75. The number of furan rings is 1. The summed E-state index contributed by atoms with van der Waals surface area (Å²) in [5, 5.41) is 3.42. The molecule has 3 heteroatoms. The minimum atomic E-state index is 0.0338. The van der Waals surface area contributed by atoms with Crippen LogP contribution in [0.3, 0.4) is 0 Å². The summed E-state index contributed by atoms with van der Waals surface area (Å²) < 4.78 is 5.66. The molecule has 0 radical (unpaired) electrons. The van der Waals surface area contributed by atoms with Gasteiger partial charge in [0, 0.05) is 18.0 Å². The molecule has 3 N–H and O–H groups in total. The number of hydrogen-bond donors (Lipinski definition) is 2. The van der Waals surface area contributed by atoms with Gasteiger partial charge in [-0.15, -0.1) is 0 Å². The molecule has 16 heavy (non-hydrogen) atoms. The van der Waals surface area contributed by atoms with Crippen LogP contribution in [-0.2, 0) is 5.41 Å². The SMILES string of the molecule is Cc1ccc(C(C)(C)CNCCC(C)N)o1. The minimum Gasteiger partial charge on any atom is -0.466 e. The molecule has 0 aliphatic heterocycles. The molecule has 1 unspecified atom stereocenters. The van der Waals surface area contributed by atoms with Crippen LogP contribution in [0.25, 0.3) is 0 Å². The molecule has 0 saturated heterocycles. The van der Waals surface area contributed by atoms with Gasteiger partial charge in [-0.1, -0.05) is 13.8 Å². The monoisotopic (exact) mass is 224 g/mol. The zero-order chi connectivity index (χ0) is 12.2. The Morgan fingerprint density at radius 1 is 1.44 bits per heavy atom. The Labute approximate surface area is 98.4 Å². The largest absolute Gasteiger partial charge is 0.466 e. The molecule has 3 nitrogen and oxygen atoms in total. The topological polar surface area (TPSA) is 51.2 Å². The summed E-state index contributed by atoms with van der Waals surface area (Å²) in [6.45, 7) is 10.2. The van der Waals surface area contributed by atoms with Crippen LogP contribution in [0.4, 0.5) is 0 Å². The lowest BCUT2D eigenvalue weighted by molar-refractivity contribution is 0.356. The van der Waals surface area contributed by atoms with Crippen molar-refractivity contribution >= 4 is 0 Å². The lowest BCUT2D eigenvalue weighted by Gasteiger charge is -2.23. The Kier molecular flexibility index (Phi) is 4.56. The first-order valence-electron chi connectivity index (χ1n) is 5.95. The molecule has 0 aliphatic rings. The van der Waals surface area contributed by atoms with Crippen LogP contribution in [-0.4, -0.2) is 19.1 Å². The summed E-state index contributed by atoms with van der Waals surface area (Å²) in [4.78, 5) is 0. The predicted molar refractivity (Wildman–Crippen MR) is 67.6 cm³/mol. The van der Waals surface area contributed by atoms with Crippen molar-refractivity contribution in [3.05, 3.63) is 23.7 Å². The van der Waals surface area contributed by atoms with Crippen molar-refractivity contribution in [3.8, 4) is 0 Å². The van der Waals surface area contributed by atoms with Gasteiger partial charge in [-0.25, -0.2) is 0 Å². The van der Waals surface area contributed by atoms with Crippen molar-refractivity contribution in [1.82, 2.24) is 5.32 Å². The summed E-state index contributed by atoms with van der Waals surface area (Å²) in [5.41, 5.74) is 5.73. The van der Waals surface area contributed by atoms with Gasteiger partial charge in [0.1, 0.15) is 11.5 Å². The molecular weight excluding hydrogens is 200 g/mol. The van der Waals surface area contributed by atoms with Crippen molar-refractivity contribution < 1.29 is 4.42 Å². The van der Waals surface area contributed by atoms with E-state index in [9.17, 15) is 0 Å². The molecule has 0 spiro atoms. The van der Waals surface area contributed by atoms with Gasteiger partial charge in [0.15, 0.2) is 0 Å². The third-order valence-corrected chi connectivity index (χ3v) is 2.75. The standard InChI is InChI=1S/C13H24N2O/c1-10(14)7-8-15-9-13(3,4)12-6-5-11(2)16-12/h5-6,10,15H,7-9,14H2,1-4H3. The van der Waals surface area contributed by atoms with Gasteiger partial charge in [0.25, 0.3) is 0 Å². The van der Waals surface area contributed by atoms with Gasteiger partial charge in [0.05, 0.1) is 0 Å². The molecule has 0 fully saturated rings. The summed E-state index contributed by atoms with van der Waals surface area (Å²) in [7, 11) is 0. The Morgan fingerprint density at radius 3 is 2.62 bits per heavy atom. The quantitative estimate of drug-likeness (QED) is 0.728. The van der Waals surface area contributed by atoms with E-state index in [4.69, 9.17) is 10.2 Å². The molecule has 92 valence electrons. The van der Waals surface area contributed by atoms with Crippen molar-refractivity contribution in [3.63, 3.8) is 0 Å². The zero-order valence-corrected chi connectivity index (χ0v) is 10.8. The van der Waals surface area contributed by atoms with Crippen LogP contribution in [0.5, 0.6) is 0 Å². The lowest BCUT2D eigenvalue weighted by atomic mass is 9.90. The fourth-order valence-electron chi connectivity index (χ4n) is 1.62. The highest BCUT2D eigenvalue weighted by Crippen LogP contribution is 2.24. The normalized spacial score (nSPS) is 14.1. The number of hydrogen-bond acceptors (Lipinski definition) is 3. The highest BCUT2D eigenvalue weighted by molar-refractivity contribution is 5.15. The molecule has 1 atom stereocenters. The molecule has 0 aromatic carbocycles. The summed E-state index contributed by atoms with van der Waals surface area (Å²) in [6.07, 6.45) is 1.01. The highest BCUT2D eigenvalue weighted by Gasteiger charge is 2.23. The van der Waals surface area contributed by atoms with Gasteiger partial charge in [-0.3, -0.25) is 0 Å². The van der Waals surface area contributed by atoms with E-state index in [1.165, 1.54) is 0 Å². The van der Waals surface area contributed by atoms with Gasteiger partial charge in [-0.05, 0) is 38.9 Å². The maximum atomic E-state index is 5.70. The van der Waals surface area contributed by atoms with Crippen molar-refractivity contribution in [2.24, 2.45) is 5.73 Å². The Balaban J connectivity index is 2.40. The second-order valence-electron chi connectivity index (χ2n) is 5.24. The average Bonchev–Trinajstić information content (AvgIpc) is 2.60. The first-order chi connectivity index (χ1) is 7.42. The van der Waals surface area contributed by atoms with E-state index < -0.39 is 0 Å². The van der Waals surface area contributed by atoms with Crippen LogP contribution in [0.2, 0.25) is 0 Å². The van der Waals surface area contributed by atoms with Crippen LogP contribution >= 0.6 is 0 Å². The van der Waals surface area contributed by atoms with E-state index in [1.54, 1.807) is 0 Å². The molecule has 0 amide bonds. The summed E-state index contributed by atoms with van der Waals surface area (Å²) >= 11 is 0. The molecule has 1 heterocycles. The van der Waals surface area contributed by atoms with Crippen LogP contribution in [0.1, 0.15) is 38.7 Å². The van der Waals surface area contributed by atoms with E-state index >= 15 is 0 Å². The van der Waals surface area contributed by atoms with Crippen molar-refractivity contribution in [2.75, 3.05) is 13.1 Å². The van der Waals surface area contributed by atoms with Crippen molar-refractivity contribution in [1.29, 1.82) is 0 Å². The molecule has 0 bridgehead atoms. The van der Waals surface area contributed by atoms with E-state index in [0.717, 1.165) is 31.0 Å². The van der Waals surface area contributed by atoms with Gasteiger partial charge in [0.2, 0.25) is 0 Å². The number of rotatable bonds is 6. The smallest absolute Gasteiger partial charge is 0.111 e. The second-order valence-corrected chi connectivity index (χ2v) is 5.24. The Hall–Kier alpha value is -0.800. The molecule has 0 aliphatic carbocycles. The molecule has 0 saturated carbocycles. The van der Waals surface area contributed by atoms with E-state index in [2.05, 4.69) is 25.2 Å². The third kappa shape index (κ3) is 3.99. The fourth-order valence-corrected chi connectivity index (χ4v) is 1.62. The molecule has 1 rings (SSSR count). The molecule has 1 aromatic heterocycles. The van der Waals surface area contributed by atoms with Crippen LogP contribution in [0.15, 0.2) is 16.5 Å². The molecular formula is C13H24N2O. The van der Waals surface area contributed by atoms with E-state index in [0.29, 0.717) is 0 Å². The van der Waals surface area contributed by atoms with E-state index in [1.807, 2.05) is 19.9 Å². The Morgan fingerprint density at radius 2 is 2.12 bits per heavy atom. The van der Waals surface area contributed by atoms with Crippen molar-refractivity contribution in [2.45, 2.75) is 45.6 Å². The highest BCUT2D eigenvalue weighted by atomic mass is 16.3. The predicted octanol–water partition coefficient (Wildman–Crippen LogP) is 2.19. The van der Waals surface area contributed by atoms with Gasteiger partial charge in [-0.2, -0.15) is 0 Å². The summed E-state index contributed by atoms with van der Waals surface area (Å²) in [6, 6.07) is 4.34. The number of nitrogens with one attached hydrogen (secondary N) is 1. The number of aryl methyl sites for hydroxylation is 1. The van der Waals surface area contributed by atoms with E-state index in [-0.39, 0.29) is 11.5 Å².